The third-order valence-electron chi connectivity index (χ3n) is 2.70. The molecule has 3 N–H and O–H groups in total. The summed E-state index contributed by atoms with van der Waals surface area (Å²) >= 11 is 0. The van der Waals surface area contributed by atoms with Gasteiger partial charge in [-0.25, -0.2) is 5.84 Å². The fraction of sp³-hybridized carbons (Fsp3) is 0.462. The van der Waals surface area contributed by atoms with Crippen molar-refractivity contribution in [1.29, 1.82) is 0 Å². The van der Waals surface area contributed by atoms with E-state index < -0.39 is 0 Å². The number of unbranched alkanes of at least 4 members (excludes halogenated alkanes) is 1. The molecule has 0 aliphatic heterocycles. The third-order valence-corrected chi connectivity index (χ3v) is 2.70. The molecule has 0 unspecified atom stereocenters. The van der Waals surface area contributed by atoms with Gasteiger partial charge in [0.1, 0.15) is 5.75 Å². The van der Waals surface area contributed by atoms with Crippen LogP contribution in [-0.4, -0.2) is 13.0 Å². The van der Waals surface area contributed by atoms with Crippen LogP contribution in [0.15, 0.2) is 18.2 Å². The maximum atomic E-state index is 10.9. The summed E-state index contributed by atoms with van der Waals surface area (Å²) in [5.74, 6) is 5.82. The smallest absolute Gasteiger partial charge is 0.233 e. The van der Waals surface area contributed by atoms with Gasteiger partial charge in [0.25, 0.3) is 0 Å². The van der Waals surface area contributed by atoms with Crippen LogP contribution < -0.4 is 16.0 Å². The number of hydrazine groups is 1. The SMILES string of the molecule is COc1ccc(C)cc1CCCCC(=O)NN. The average molecular weight is 236 g/mol. The van der Waals surface area contributed by atoms with E-state index in [9.17, 15) is 4.79 Å². The standard InChI is InChI=1S/C13H20N2O2/c1-10-7-8-12(17-2)11(9-10)5-3-4-6-13(16)15-14/h7-9H,3-6,14H2,1-2H3,(H,15,16). The molecular weight excluding hydrogens is 216 g/mol. The first-order chi connectivity index (χ1) is 8.17. The lowest BCUT2D eigenvalue weighted by atomic mass is 10.0. The Hall–Kier alpha value is -1.55. The van der Waals surface area contributed by atoms with Gasteiger partial charge in [0.15, 0.2) is 0 Å². The van der Waals surface area contributed by atoms with Gasteiger partial charge >= 0.3 is 0 Å². The molecular formula is C13H20N2O2. The lowest BCUT2D eigenvalue weighted by Crippen LogP contribution is -2.29. The van der Waals surface area contributed by atoms with Gasteiger partial charge in [-0.1, -0.05) is 17.7 Å². The van der Waals surface area contributed by atoms with Crippen LogP contribution in [0.4, 0.5) is 0 Å². The van der Waals surface area contributed by atoms with Crippen molar-refractivity contribution in [2.45, 2.75) is 32.6 Å². The summed E-state index contributed by atoms with van der Waals surface area (Å²) < 4.78 is 5.30. The van der Waals surface area contributed by atoms with Gasteiger partial charge in [0.2, 0.25) is 5.91 Å². The molecule has 0 radical (unpaired) electrons. The van der Waals surface area contributed by atoms with Crippen LogP contribution in [0.5, 0.6) is 5.75 Å². The van der Waals surface area contributed by atoms with Crippen molar-refractivity contribution in [1.82, 2.24) is 5.43 Å². The quantitative estimate of drug-likeness (QED) is 0.342. The molecule has 0 atom stereocenters. The molecule has 0 saturated heterocycles. The van der Waals surface area contributed by atoms with E-state index in [-0.39, 0.29) is 5.91 Å². The van der Waals surface area contributed by atoms with E-state index in [0.717, 1.165) is 25.0 Å². The number of carbonyl (C=O) groups excluding carboxylic acids is 1. The molecule has 0 aliphatic rings. The van der Waals surface area contributed by atoms with Crippen LogP contribution in [0.3, 0.4) is 0 Å². The highest BCUT2D eigenvalue weighted by Gasteiger charge is 2.04. The molecule has 0 aliphatic carbocycles. The van der Waals surface area contributed by atoms with E-state index in [1.54, 1.807) is 7.11 Å². The minimum Gasteiger partial charge on any atom is -0.496 e. The molecule has 0 aromatic heterocycles. The second-order valence-electron chi connectivity index (χ2n) is 4.09. The number of benzene rings is 1. The minimum absolute atomic E-state index is 0.110. The van der Waals surface area contributed by atoms with E-state index in [4.69, 9.17) is 10.6 Å². The van der Waals surface area contributed by atoms with Crippen molar-refractivity contribution >= 4 is 5.91 Å². The highest BCUT2D eigenvalue weighted by Crippen LogP contribution is 2.21. The summed E-state index contributed by atoms with van der Waals surface area (Å²) in [5.41, 5.74) is 4.55. The normalized spacial score (nSPS) is 10.1. The van der Waals surface area contributed by atoms with Gasteiger partial charge in [-0.2, -0.15) is 0 Å². The van der Waals surface area contributed by atoms with Gasteiger partial charge in [-0.05, 0) is 37.8 Å². The van der Waals surface area contributed by atoms with Crippen molar-refractivity contribution < 1.29 is 9.53 Å². The monoisotopic (exact) mass is 236 g/mol. The Morgan fingerprint density at radius 2 is 2.18 bits per heavy atom. The summed E-state index contributed by atoms with van der Waals surface area (Å²) in [4.78, 5) is 10.9. The molecule has 17 heavy (non-hydrogen) atoms. The Labute approximate surface area is 102 Å². The van der Waals surface area contributed by atoms with Crippen LogP contribution in [0, 0.1) is 6.92 Å². The molecule has 94 valence electrons. The zero-order chi connectivity index (χ0) is 12.7. The molecule has 0 heterocycles. The highest BCUT2D eigenvalue weighted by atomic mass is 16.5. The second-order valence-corrected chi connectivity index (χ2v) is 4.09. The number of amides is 1. The molecule has 1 amide bonds. The summed E-state index contributed by atoms with van der Waals surface area (Å²) in [7, 11) is 1.68. The number of nitrogens with one attached hydrogen (secondary N) is 1. The number of rotatable bonds is 6. The number of nitrogens with two attached hydrogens (primary N) is 1. The summed E-state index contributed by atoms with van der Waals surface area (Å²) in [5, 5.41) is 0. The first-order valence-corrected chi connectivity index (χ1v) is 5.80. The Bertz CT molecular complexity index is 378. The van der Waals surface area contributed by atoms with Crippen LogP contribution >= 0.6 is 0 Å². The summed E-state index contributed by atoms with van der Waals surface area (Å²) in [6.45, 7) is 2.06. The van der Waals surface area contributed by atoms with Crippen LogP contribution in [-0.2, 0) is 11.2 Å². The fourth-order valence-corrected chi connectivity index (χ4v) is 1.78. The van der Waals surface area contributed by atoms with Gasteiger partial charge in [-0.15, -0.1) is 0 Å². The number of methoxy groups -OCH3 is 1. The molecule has 4 nitrogen and oxygen atoms in total. The number of carbonyl (C=O) groups is 1. The zero-order valence-corrected chi connectivity index (χ0v) is 10.5. The van der Waals surface area contributed by atoms with Crippen molar-refractivity contribution in [3.63, 3.8) is 0 Å². The minimum atomic E-state index is -0.110. The molecule has 4 heteroatoms. The molecule has 0 saturated carbocycles. The lowest BCUT2D eigenvalue weighted by Gasteiger charge is -2.09. The Balaban J connectivity index is 2.45. The van der Waals surface area contributed by atoms with E-state index in [1.165, 1.54) is 11.1 Å². The number of ether oxygens (including phenoxy) is 1. The Morgan fingerprint density at radius 1 is 1.41 bits per heavy atom. The first-order valence-electron chi connectivity index (χ1n) is 5.80. The van der Waals surface area contributed by atoms with Gasteiger partial charge in [-0.3, -0.25) is 10.2 Å². The van der Waals surface area contributed by atoms with E-state index in [0.29, 0.717) is 6.42 Å². The van der Waals surface area contributed by atoms with Crippen LogP contribution in [0.25, 0.3) is 0 Å². The van der Waals surface area contributed by atoms with E-state index in [1.807, 2.05) is 12.1 Å². The van der Waals surface area contributed by atoms with Crippen molar-refractivity contribution in [2.24, 2.45) is 5.84 Å². The van der Waals surface area contributed by atoms with Crippen LogP contribution in [0.1, 0.15) is 30.4 Å². The second kappa shape index (κ2) is 6.91. The molecule has 1 aromatic carbocycles. The van der Waals surface area contributed by atoms with Crippen LogP contribution in [0.2, 0.25) is 0 Å². The van der Waals surface area contributed by atoms with Gasteiger partial charge in [0.05, 0.1) is 7.11 Å². The average Bonchev–Trinajstić information content (AvgIpc) is 2.34. The molecule has 1 aromatic rings. The fourth-order valence-electron chi connectivity index (χ4n) is 1.78. The van der Waals surface area contributed by atoms with Gasteiger partial charge in [0, 0.05) is 6.42 Å². The predicted octanol–water partition coefficient (Wildman–Crippen LogP) is 1.71. The summed E-state index contributed by atoms with van der Waals surface area (Å²) in [6, 6.07) is 6.14. The van der Waals surface area contributed by atoms with Crippen molar-refractivity contribution in [3.05, 3.63) is 29.3 Å². The van der Waals surface area contributed by atoms with E-state index >= 15 is 0 Å². The third kappa shape index (κ3) is 4.44. The Kier molecular flexibility index (Phi) is 5.49. The molecule has 0 bridgehead atoms. The zero-order valence-electron chi connectivity index (χ0n) is 10.5. The van der Waals surface area contributed by atoms with Gasteiger partial charge < -0.3 is 4.74 Å². The lowest BCUT2D eigenvalue weighted by molar-refractivity contribution is -0.121. The largest absolute Gasteiger partial charge is 0.496 e. The number of hydrogen-bond donors (Lipinski definition) is 2. The predicted molar refractivity (Wildman–Crippen MR) is 67.6 cm³/mol. The number of hydrogen-bond acceptors (Lipinski definition) is 3. The topological polar surface area (TPSA) is 64.3 Å². The van der Waals surface area contributed by atoms with E-state index in [2.05, 4.69) is 18.4 Å². The maximum absolute atomic E-state index is 10.9. The molecule has 0 fully saturated rings. The molecule has 1 rings (SSSR count). The summed E-state index contributed by atoms with van der Waals surface area (Å²) in [6.07, 6.45) is 3.18. The van der Waals surface area contributed by atoms with Crippen molar-refractivity contribution in [2.75, 3.05) is 7.11 Å². The molecule has 0 spiro atoms. The Morgan fingerprint density at radius 3 is 2.82 bits per heavy atom. The number of aryl methyl sites for hydroxylation is 2. The highest BCUT2D eigenvalue weighted by molar-refractivity contribution is 5.75. The first kappa shape index (κ1) is 13.5. The maximum Gasteiger partial charge on any atom is 0.233 e. The van der Waals surface area contributed by atoms with Crippen molar-refractivity contribution in [3.8, 4) is 5.75 Å².